The van der Waals surface area contributed by atoms with E-state index in [-0.39, 0.29) is 12.5 Å². The van der Waals surface area contributed by atoms with Gasteiger partial charge in [-0.3, -0.25) is 24.3 Å². The molecular weight excluding hydrogens is 496 g/mol. The molecule has 1 saturated heterocycles. The molecule has 0 unspecified atom stereocenters. The van der Waals surface area contributed by atoms with Gasteiger partial charge in [0.2, 0.25) is 5.91 Å². The molecule has 38 heavy (non-hydrogen) atoms. The molecule has 0 N–H and O–H groups in total. The molecule has 4 heterocycles. The van der Waals surface area contributed by atoms with Gasteiger partial charge in [0.15, 0.2) is 0 Å². The predicted molar refractivity (Wildman–Crippen MR) is 149 cm³/mol. The Balaban J connectivity index is 1.21. The lowest BCUT2D eigenvalue weighted by Crippen LogP contribution is -2.44. The lowest BCUT2D eigenvalue weighted by molar-refractivity contribution is -0.136. The number of nitrogens with zero attached hydrogens (tertiary/aromatic N) is 4. The van der Waals surface area contributed by atoms with Crippen LogP contribution in [-0.4, -0.2) is 49.5 Å². The molecule has 0 atom stereocenters. The van der Waals surface area contributed by atoms with Crippen LogP contribution in [-0.2, 0) is 22.6 Å². The van der Waals surface area contributed by atoms with Crippen molar-refractivity contribution in [3.8, 4) is 5.69 Å². The van der Waals surface area contributed by atoms with Crippen molar-refractivity contribution in [2.24, 2.45) is 0 Å². The topological polar surface area (TPSA) is 75.5 Å². The van der Waals surface area contributed by atoms with E-state index in [4.69, 9.17) is 0 Å². The van der Waals surface area contributed by atoms with Gasteiger partial charge in [-0.15, -0.1) is 0 Å². The summed E-state index contributed by atoms with van der Waals surface area (Å²) in [5.74, 6) is -0.639. The predicted octanol–water partition coefficient (Wildman–Crippen LogP) is 5.26. The summed E-state index contributed by atoms with van der Waals surface area (Å²) < 4.78 is 2.13. The maximum absolute atomic E-state index is 13.2. The second-order valence-electron chi connectivity index (χ2n) is 9.64. The summed E-state index contributed by atoms with van der Waals surface area (Å²) in [6.45, 7) is 4.85. The van der Waals surface area contributed by atoms with E-state index >= 15 is 0 Å². The number of aryl methyl sites for hydroxylation is 1. The third kappa shape index (κ3) is 4.31. The summed E-state index contributed by atoms with van der Waals surface area (Å²) in [5.41, 5.74) is 7.11. The first-order valence-corrected chi connectivity index (χ1v) is 13.3. The standard InChI is InChI=1S/C30H26N4O3S/c1-19-14-24(20(2)34(19)25-9-10-26-22(15-25)8-5-12-31-26)16-27-29(36)33(30(37)38-27)18-28(35)32-13-11-21-6-3-4-7-23(21)17-32/h3-10,12,14-16H,11,13,17-18H2,1-2H3/b27-16-. The first-order valence-electron chi connectivity index (χ1n) is 12.5. The SMILES string of the molecule is Cc1cc(/C=C2\SC(=O)N(CC(=O)N3CCc4ccccc4C3)C2=O)c(C)n1-c1ccc2ncccc2c1. The smallest absolute Gasteiger partial charge is 0.294 e. The number of rotatable bonds is 4. The number of pyridine rings is 1. The van der Waals surface area contributed by atoms with E-state index < -0.39 is 11.1 Å². The Labute approximate surface area is 224 Å². The highest BCUT2D eigenvalue weighted by molar-refractivity contribution is 8.18. The number of imide groups is 1. The first kappa shape index (κ1) is 24.2. The number of amides is 3. The number of carbonyl (C=O) groups is 3. The van der Waals surface area contributed by atoms with Crippen molar-refractivity contribution in [1.29, 1.82) is 0 Å². The Kier molecular flexibility index (Phi) is 6.12. The molecule has 7 nitrogen and oxygen atoms in total. The average molecular weight is 523 g/mol. The van der Waals surface area contributed by atoms with E-state index in [9.17, 15) is 14.4 Å². The molecule has 0 saturated carbocycles. The second kappa shape index (κ2) is 9.61. The molecule has 0 radical (unpaired) electrons. The number of benzene rings is 2. The maximum atomic E-state index is 13.2. The van der Waals surface area contributed by atoms with E-state index in [1.54, 1.807) is 17.2 Å². The van der Waals surface area contributed by atoms with Crippen molar-refractivity contribution in [1.82, 2.24) is 19.4 Å². The number of aromatic nitrogens is 2. The van der Waals surface area contributed by atoms with Crippen LogP contribution in [0.1, 0.15) is 28.1 Å². The van der Waals surface area contributed by atoms with Crippen LogP contribution >= 0.6 is 11.8 Å². The third-order valence-electron chi connectivity index (χ3n) is 7.25. The van der Waals surface area contributed by atoms with Gasteiger partial charge in [0, 0.05) is 41.7 Å². The summed E-state index contributed by atoms with van der Waals surface area (Å²) in [4.78, 5) is 46.5. The second-order valence-corrected chi connectivity index (χ2v) is 10.6. The number of fused-ring (bicyclic) bond motifs is 2. The van der Waals surface area contributed by atoms with Gasteiger partial charge in [-0.25, -0.2) is 0 Å². The Hall–Kier alpha value is -4.17. The molecule has 2 aliphatic heterocycles. The monoisotopic (exact) mass is 522 g/mol. The van der Waals surface area contributed by atoms with Crippen LogP contribution in [0.3, 0.4) is 0 Å². The van der Waals surface area contributed by atoms with E-state index in [0.717, 1.165) is 62.2 Å². The fourth-order valence-corrected chi connectivity index (χ4v) is 6.08. The van der Waals surface area contributed by atoms with Crippen LogP contribution in [0.15, 0.2) is 71.8 Å². The zero-order chi connectivity index (χ0) is 26.4. The summed E-state index contributed by atoms with van der Waals surface area (Å²) in [6.07, 6.45) is 4.30. The summed E-state index contributed by atoms with van der Waals surface area (Å²) in [6, 6.07) is 20.1. The van der Waals surface area contributed by atoms with Gasteiger partial charge in [0.1, 0.15) is 6.54 Å². The van der Waals surface area contributed by atoms with Gasteiger partial charge >= 0.3 is 0 Å². The van der Waals surface area contributed by atoms with E-state index in [0.29, 0.717) is 18.0 Å². The van der Waals surface area contributed by atoms with Crippen LogP contribution in [0.2, 0.25) is 0 Å². The van der Waals surface area contributed by atoms with Gasteiger partial charge in [0.05, 0.1) is 10.4 Å². The molecule has 3 amide bonds. The van der Waals surface area contributed by atoms with Crippen LogP contribution < -0.4 is 0 Å². The fraction of sp³-hybridized carbons (Fsp3) is 0.200. The van der Waals surface area contributed by atoms with Crippen molar-refractivity contribution < 1.29 is 14.4 Å². The molecule has 8 heteroatoms. The Bertz CT molecular complexity index is 1650. The molecular formula is C30H26N4O3S. The number of hydrogen-bond acceptors (Lipinski definition) is 5. The van der Waals surface area contributed by atoms with Gasteiger partial charge in [0.25, 0.3) is 11.1 Å². The lowest BCUT2D eigenvalue weighted by Gasteiger charge is -2.29. The molecule has 4 aromatic rings. The van der Waals surface area contributed by atoms with Gasteiger partial charge in [-0.05, 0) is 85.1 Å². The molecule has 6 rings (SSSR count). The summed E-state index contributed by atoms with van der Waals surface area (Å²) in [7, 11) is 0. The normalized spacial score (nSPS) is 16.5. The molecule has 0 aliphatic carbocycles. The maximum Gasteiger partial charge on any atom is 0.294 e. The molecule has 0 spiro atoms. The number of carbonyl (C=O) groups excluding carboxylic acids is 3. The third-order valence-corrected chi connectivity index (χ3v) is 8.16. The molecule has 2 aliphatic rings. The minimum atomic E-state index is -0.424. The summed E-state index contributed by atoms with van der Waals surface area (Å²) in [5, 5.41) is 0.630. The van der Waals surface area contributed by atoms with Gasteiger partial charge in [-0.1, -0.05) is 30.3 Å². The highest BCUT2D eigenvalue weighted by atomic mass is 32.2. The largest absolute Gasteiger partial charge is 0.336 e. The van der Waals surface area contributed by atoms with E-state index in [1.807, 2.05) is 62.4 Å². The van der Waals surface area contributed by atoms with Crippen molar-refractivity contribution in [2.45, 2.75) is 26.8 Å². The zero-order valence-corrected chi connectivity index (χ0v) is 22.0. The van der Waals surface area contributed by atoms with Crippen molar-refractivity contribution >= 4 is 45.8 Å². The minimum absolute atomic E-state index is 0.216. The van der Waals surface area contributed by atoms with Gasteiger partial charge < -0.3 is 9.47 Å². The van der Waals surface area contributed by atoms with Crippen molar-refractivity contribution in [2.75, 3.05) is 13.1 Å². The summed E-state index contributed by atoms with van der Waals surface area (Å²) >= 11 is 0.886. The highest BCUT2D eigenvalue weighted by Crippen LogP contribution is 2.34. The Morgan fingerprint density at radius 3 is 2.68 bits per heavy atom. The Morgan fingerprint density at radius 2 is 1.84 bits per heavy atom. The number of hydrogen-bond donors (Lipinski definition) is 0. The average Bonchev–Trinajstić information content (AvgIpc) is 3.36. The zero-order valence-electron chi connectivity index (χ0n) is 21.2. The molecule has 190 valence electrons. The van der Waals surface area contributed by atoms with Crippen LogP contribution in [0.25, 0.3) is 22.7 Å². The molecule has 1 fully saturated rings. The van der Waals surface area contributed by atoms with E-state index in [2.05, 4.69) is 21.7 Å². The van der Waals surface area contributed by atoms with Crippen molar-refractivity contribution in [3.63, 3.8) is 0 Å². The lowest BCUT2D eigenvalue weighted by atomic mass is 10.00. The van der Waals surface area contributed by atoms with Gasteiger partial charge in [-0.2, -0.15) is 0 Å². The van der Waals surface area contributed by atoms with Crippen LogP contribution in [0.4, 0.5) is 4.79 Å². The first-order chi connectivity index (χ1) is 18.4. The van der Waals surface area contributed by atoms with Crippen molar-refractivity contribution in [3.05, 3.63) is 99.8 Å². The fourth-order valence-electron chi connectivity index (χ4n) is 5.25. The van der Waals surface area contributed by atoms with Crippen LogP contribution in [0.5, 0.6) is 0 Å². The molecule has 0 bridgehead atoms. The molecule has 2 aromatic heterocycles. The highest BCUT2D eigenvalue weighted by Gasteiger charge is 2.37. The van der Waals surface area contributed by atoms with E-state index in [1.165, 1.54) is 5.56 Å². The number of thioether (sulfide) groups is 1. The van der Waals surface area contributed by atoms with Crippen LogP contribution in [0, 0.1) is 13.8 Å². The Morgan fingerprint density at radius 1 is 1.03 bits per heavy atom. The minimum Gasteiger partial charge on any atom is -0.336 e. The quantitative estimate of drug-likeness (QED) is 0.342. The molecule has 2 aromatic carbocycles.